The van der Waals surface area contributed by atoms with Crippen molar-refractivity contribution in [3.63, 3.8) is 0 Å². The Morgan fingerprint density at radius 2 is 2.09 bits per heavy atom. The molecule has 2 heterocycles. The van der Waals surface area contributed by atoms with Crippen LogP contribution in [0.5, 0.6) is 0 Å². The summed E-state index contributed by atoms with van der Waals surface area (Å²) >= 11 is 0. The molecular formula is C14H14N4O5. The molecule has 0 radical (unpaired) electrons. The number of non-ortho nitro benzene ring substituents is 1. The maximum Gasteiger partial charge on any atom is 0.442 e. The van der Waals surface area contributed by atoms with Crippen LogP contribution in [0.2, 0.25) is 0 Å². The second-order valence-corrected chi connectivity index (χ2v) is 6.12. The summed E-state index contributed by atoms with van der Waals surface area (Å²) in [6, 6.07) is 4.14. The van der Waals surface area contributed by atoms with Crippen molar-refractivity contribution in [1.82, 2.24) is 14.7 Å². The molecule has 0 N–H and O–H groups in total. The highest BCUT2D eigenvalue weighted by atomic mass is 16.6. The monoisotopic (exact) mass is 318 g/mol. The van der Waals surface area contributed by atoms with Gasteiger partial charge in [-0.3, -0.25) is 19.2 Å². The van der Waals surface area contributed by atoms with Crippen LogP contribution in [0.25, 0.3) is 11.1 Å². The molecule has 3 aromatic rings. The van der Waals surface area contributed by atoms with Gasteiger partial charge in [-0.1, -0.05) is 25.9 Å². The predicted octanol–water partition coefficient (Wildman–Crippen LogP) is 2.23. The van der Waals surface area contributed by atoms with Crippen LogP contribution in [0.4, 0.5) is 5.69 Å². The van der Waals surface area contributed by atoms with E-state index in [0.717, 1.165) is 0 Å². The van der Waals surface area contributed by atoms with E-state index in [1.54, 1.807) is 0 Å². The quantitative estimate of drug-likeness (QED) is 0.536. The van der Waals surface area contributed by atoms with Gasteiger partial charge in [0.25, 0.3) is 5.69 Å². The minimum Gasteiger partial charge on any atom is -0.439 e. The van der Waals surface area contributed by atoms with Crippen LogP contribution in [0.3, 0.4) is 0 Å². The summed E-state index contributed by atoms with van der Waals surface area (Å²) in [5.41, 5.74) is 0.301. The molecule has 120 valence electrons. The second-order valence-electron chi connectivity index (χ2n) is 6.12. The molecule has 0 atom stereocenters. The molecule has 0 saturated carbocycles. The number of fused-ring (bicyclic) bond motifs is 1. The molecule has 0 aliphatic carbocycles. The fourth-order valence-corrected chi connectivity index (χ4v) is 2.23. The Hall–Kier alpha value is -2.97. The lowest BCUT2D eigenvalue weighted by Gasteiger charge is -2.16. The van der Waals surface area contributed by atoms with Gasteiger partial charge in [0.05, 0.1) is 4.92 Å². The molecule has 1 aromatic carbocycles. The molecule has 2 aromatic heterocycles. The second kappa shape index (κ2) is 5.04. The molecular weight excluding hydrogens is 304 g/mol. The number of nitro groups is 1. The van der Waals surface area contributed by atoms with Crippen LogP contribution in [0, 0.1) is 10.1 Å². The number of benzene rings is 1. The van der Waals surface area contributed by atoms with Gasteiger partial charge < -0.3 is 4.42 Å². The third-order valence-corrected chi connectivity index (χ3v) is 3.28. The molecule has 23 heavy (non-hydrogen) atoms. The van der Waals surface area contributed by atoms with Gasteiger partial charge in [-0.25, -0.2) is 9.78 Å². The van der Waals surface area contributed by atoms with Gasteiger partial charge in [0, 0.05) is 17.5 Å². The molecule has 9 heteroatoms. The smallest absolute Gasteiger partial charge is 0.439 e. The molecule has 0 aliphatic heterocycles. The summed E-state index contributed by atoms with van der Waals surface area (Å²) in [6.45, 7) is 5.74. The van der Waals surface area contributed by atoms with Crippen molar-refractivity contribution >= 4 is 16.8 Å². The fraction of sp³-hybridized carbons (Fsp3) is 0.357. The SMILES string of the molecule is CC(C)(C)c1noc(=O)n1Cc1nc2cc([N+](=O)[O-])ccc2o1. The number of nitro benzene ring substituents is 1. The van der Waals surface area contributed by atoms with E-state index < -0.39 is 16.1 Å². The highest BCUT2D eigenvalue weighted by Gasteiger charge is 2.25. The van der Waals surface area contributed by atoms with Gasteiger partial charge in [0.1, 0.15) is 12.1 Å². The van der Waals surface area contributed by atoms with E-state index in [1.165, 1.54) is 22.8 Å². The van der Waals surface area contributed by atoms with Crippen LogP contribution in [-0.2, 0) is 12.0 Å². The molecule has 0 amide bonds. The minimum absolute atomic E-state index is 0.0391. The van der Waals surface area contributed by atoms with Crippen LogP contribution >= 0.6 is 0 Å². The summed E-state index contributed by atoms with van der Waals surface area (Å²) < 4.78 is 11.6. The van der Waals surface area contributed by atoms with Gasteiger partial charge in [0.2, 0.25) is 5.89 Å². The molecule has 0 bridgehead atoms. The predicted molar refractivity (Wildman–Crippen MR) is 79.2 cm³/mol. The van der Waals surface area contributed by atoms with Crippen molar-refractivity contribution in [2.24, 2.45) is 0 Å². The lowest BCUT2D eigenvalue weighted by Crippen LogP contribution is -2.25. The molecule has 0 unspecified atom stereocenters. The van der Waals surface area contributed by atoms with Gasteiger partial charge in [-0.05, 0) is 6.07 Å². The van der Waals surface area contributed by atoms with E-state index in [9.17, 15) is 14.9 Å². The average molecular weight is 318 g/mol. The van der Waals surface area contributed by atoms with Gasteiger partial charge >= 0.3 is 5.76 Å². The first kappa shape index (κ1) is 14.9. The number of hydrogen-bond acceptors (Lipinski definition) is 7. The van der Waals surface area contributed by atoms with Gasteiger partial charge in [-0.15, -0.1) is 0 Å². The molecule has 0 spiro atoms. The first-order valence-corrected chi connectivity index (χ1v) is 6.86. The summed E-state index contributed by atoms with van der Waals surface area (Å²) in [5.74, 6) is 0.107. The minimum atomic E-state index is -0.608. The topological polar surface area (TPSA) is 117 Å². The van der Waals surface area contributed by atoms with E-state index >= 15 is 0 Å². The Bertz CT molecular complexity index is 944. The average Bonchev–Trinajstić information content (AvgIpc) is 3.01. The van der Waals surface area contributed by atoms with Crippen LogP contribution < -0.4 is 5.76 Å². The molecule has 0 saturated heterocycles. The Morgan fingerprint density at radius 1 is 1.35 bits per heavy atom. The van der Waals surface area contributed by atoms with Crippen molar-refractivity contribution in [2.45, 2.75) is 32.7 Å². The molecule has 0 fully saturated rings. The van der Waals surface area contributed by atoms with E-state index in [4.69, 9.17) is 8.94 Å². The summed E-state index contributed by atoms with van der Waals surface area (Å²) in [6.07, 6.45) is 0. The fourth-order valence-electron chi connectivity index (χ4n) is 2.23. The van der Waals surface area contributed by atoms with Crippen LogP contribution in [0.1, 0.15) is 32.5 Å². The third-order valence-electron chi connectivity index (χ3n) is 3.28. The van der Waals surface area contributed by atoms with E-state index in [0.29, 0.717) is 16.9 Å². The van der Waals surface area contributed by atoms with Crippen molar-refractivity contribution in [1.29, 1.82) is 0 Å². The van der Waals surface area contributed by atoms with E-state index in [-0.39, 0.29) is 18.1 Å². The van der Waals surface area contributed by atoms with E-state index in [1.807, 2.05) is 20.8 Å². The zero-order valence-corrected chi connectivity index (χ0v) is 12.8. The van der Waals surface area contributed by atoms with Gasteiger partial charge in [-0.2, -0.15) is 0 Å². The highest BCUT2D eigenvalue weighted by Crippen LogP contribution is 2.23. The molecule has 0 aliphatic rings. The van der Waals surface area contributed by atoms with Crippen molar-refractivity contribution in [2.75, 3.05) is 0 Å². The zero-order chi connectivity index (χ0) is 16.8. The Kier molecular flexibility index (Phi) is 3.28. The summed E-state index contributed by atoms with van der Waals surface area (Å²) in [7, 11) is 0. The normalized spacial score (nSPS) is 12.0. The number of aromatic nitrogens is 3. The maximum atomic E-state index is 11.8. The van der Waals surface area contributed by atoms with Crippen molar-refractivity contribution < 1.29 is 13.9 Å². The first-order valence-electron chi connectivity index (χ1n) is 6.86. The standard InChI is InChI=1S/C14H14N4O5/c1-14(2,3)12-16-23-13(19)17(12)7-11-15-9-6-8(18(20)21)4-5-10(9)22-11/h4-6H,7H2,1-3H3. The Balaban J connectivity index is 2.01. The number of nitrogens with zero attached hydrogens (tertiary/aromatic N) is 4. The summed E-state index contributed by atoms with van der Waals surface area (Å²) in [4.78, 5) is 26.3. The first-order chi connectivity index (χ1) is 10.8. The lowest BCUT2D eigenvalue weighted by atomic mass is 9.96. The van der Waals surface area contributed by atoms with Crippen LogP contribution in [0.15, 0.2) is 31.9 Å². The molecule has 3 rings (SSSR count). The van der Waals surface area contributed by atoms with Crippen LogP contribution in [-0.4, -0.2) is 19.6 Å². The highest BCUT2D eigenvalue weighted by molar-refractivity contribution is 5.75. The number of rotatable bonds is 3. The third kappa shape index (κ3) is 2.72. The van der Waals surface area contributed by atoms with Gasteiger partial charge in [0.15, 0.2) is 11.4 Å². The molecule has 9 nitrogen and oxygen atoms in total. The number of oxazole rings is 1. The summed E-state index contributed by atoms with van der Waals surface area (Å²) in [5, 5.41) is 14.6. The lowest BCUT2D eigenvalue weighted by molar-refractivity contribution is -0.384. The van der Waals surface area contributed by atoms with Crippen molar-refractivity contribution in [3.05, 3.63) is 50.6 Å². The Labute approximate surface area is 129 Å². The maximum absolute atomic E-state index is 11.8. The zero-order valence-electron chi connectivity index (χ0n) is 12.8. The largest absolute Gasteiger partial charge is 0.442 e. The van der Waals surface area contributed by atoms with Crippen molar-refractivity contribution in [3.8, 4) is 0 Å². The number of hydrogen-bond donors (Lipinski definition) is 0. The Morgan fingerprint density at radius 3 is 2.74 bits per heavy atom. The van der Waals surface area contributed by atoms with E-state index in [2.05, 4.69) is 10.1 Å².